The molecular formula is C12H24N2. The van der Waals surface area contributed by atoms with Gasteiger partial charge < -0.3 is 5.32 Å². The van der Waals surface area contributed by atoms with Crippen LogP contribution in [0.25, 0.3) is 0 Å². The summed E-state index contributed by atoms with van der Waals surface area (Å²) in [5, 5.41) is 3.41. The average Bonchev–Trinajstić information content (AvgIpc) is 2.12. The number of hydrogen-bond donors (Lipinski definition) is 1. The van der Waals surface area contributed by atoms with Gasteiger partial charge in [0, 0.05) is 12.6 Å². The van der Waals surface area contributed by atoms with Crippen LogP contribution in [0.1, 0.15) is 33.6 Å². The third-order valence-electron chi connectivity index (χ3n) is 2.06. The molecule has 0 aliphatic heterocycles. The highest BCUT2D eigenvalue weighted by Crippen LogP contribution is 1.93. The second kappa shape index (κ2) is 9.05. The fourth-order valence-electron chi connectivity index (χ4n) is 1.41. The third kappa shape index (κ3) is 8.10. The Labute approximate surface area is 89.1 Å². The van der Waals surface area contributed by atoms with Gasteiger partial charge in [0.25, 0.3) is 0 Å². The molecule has 0 aromatic rings. The fraction of sp³-hybridized carbons (Fsp3) is 0.833. The summed E-state index contributed by atoms with van der Waals surface area (Å²) >= 11 is 0. The van der Waals surface area contributed by atoms with Gasteiger partial charge in [0.1, 0.15) is 0 Å². The molecule has 0 aromatic carbocycles. The Kier molecular flexibility index (Phi) is 8.72. The van der Waals surface area contributed by atoms with E-state index < -0.39 is 0 Å². The summed E-state index contributed by atoms with van der Waals surface area (Å²) < 4.78 is 0. The summed E-state index contributed by atoms with van der Waals surface area (Å²) in [6.45, 7) is 10.6. The smallest absolute Gasteiger partial charge is 0.0598 e. The van der Waals surface area contributed by atoms with Crippen LogP contribution in [0.5, 0.6) is 0 Å². The van der Waals surface area contributed by atoms with Crippen LogP contribution >= 0.6 is 0 Å². The summed E-state index contributed by atoms with van der Waals surface area (Å²) in [4.78, 5) is 2.34. The lowest BCUT2D eigenvalue weighted by molar-refractivity contribution is 0.300. The molecule has 0 atom stereocenters. The van der Waals surface area contributed by atoms with Gasteiger partial charge >= 0.3 is 0 Å². The van der Waals surface area contributed by atoms with Gasteiger partial charge in [-0.05, 0) is 25.9 Å². The van der Waals surface area contributed by atoms with Crippen LogP contribution in [-0.4, -0.2) is 37.1 Å². The Bertz CT molecular complexity index is 158. The van der Waals surface area contributed by atoms with Crippen molar-refractivity contribution >= 4 is 0 Å². The largest absolute Gasteiger partial charge is 0.314 e. The molecule has 1 N–H and O–H groups in total. The predicted octanol–water partition coefficient (Wildman–Crippen LogP) is 1.72. The van der Waals surface area contributed by atoms with Gasteiger partial charge in [0.2, 0.25) is 0 Å². The molecule has 14 heavy (non-hydrogen) atoms. The standard InChI is InChI=1S/C12H24N2/c1-5-9-14(10-6-2)11-7-8-13-12(3)4/h1,12-13H,6-11H2,2-4H3. The molecular weight excluding hydrogens is 172 g/mol. The van der Waals surface area contributed by atoms with Crippen molar-refractivity contribution in [2.24, 2.45) is 0 Å². The van der Waals surface area contributed by atoms with E-state index in [1.165, 1.54) is 12.8 Å². The van der Waals surface area contributed by atoms with Crippen LogP contribution in [0.4, 0.5) is 0 Å². The number of nitrogens with zero attached hydrogens (tertiary/aromatic N) is 1. The van der Waals surface area contributed by atoms with Crippen molar-refractivity contribution in [3.63, 3.8) is 0 Å². The first-order valence-corrected chi connectivity index (χ1v) is 5.59. The first-order valence-electron chi connectivity index (χ1n) is 5.59. The zero-order valence-corrected chi connectivity index (χ0v) is 9.84. The molecule has 82 valence electrons. The van der Waals surface area contributed by atoms with Crippen LogP contribution in [0.2, 0.25) is 0 Å². The molecule has 0 radical (unpaired) electrons. The Balaban J connectivity index is 3.46. The lowest BCUT2D eigenvalue weighted by Crippen LogP contribution is -2.30. The van der Waals surface area contributed by atoms with E-state index in [4.69, 9.17) is 6.42 Å². The first-order chi connectivity index (χ1) is 6.70. The van der Waals surface area contributed by atoms with Crippen molar-refractivity contribution in [1.82, 2.24) is 10.2 Å². The minimum absolute atomic E-state index is 0.585. The lowest BCUT2D eigenvalue weighted by atomic mass is 10.3. The average molecular weight is 196 g/mol. The molecule has 2 nitrogen and oxygen atoms in total. The highest BCUT2D eigenvalue weighted by Gasteiger charge is 2.01. The topological polar surface area (TPSA) is 15.3 Å². The molecule has 0 fully saturated rings. The summed E-state index contributed by atoms with van der Waals surface area (Å²) in [5.74, 6) is 2.71. The summed E-state index contributed by atoms with van der Waals surface area (Å²) in [6.07, 6.45) is 7.67. The van der Waals surface area contributed by atoms with Crippen molar-refractivity contribution in [3.05, 3.63) is 0 Å². The Hall–Kier alpha value is -0.520. The molecule has 0 bridgehead atoms. The van der Waals surface area contributed by atoms with E-state index >= 15 is 0 Å². The maximum atomic E-state index is 5.30. The molecule has 0 aromatic heterocycles. The van der Waals surface area contributed by atoms with Crippen LogP contribution in [0, 0.1) is 12.3 Å². The van der Waals surface area contributed by atoms with E-state index in [-0.39, 0.29) is 0 Å². The minimum atomic E-state index is 0.585. The zero-order valence-electron chi connectivity index (χ0n) is 9.84. The molecule has 0 amide bonds. The molecule has 2 heteroatoms. The van der Waals surface area contributed by atoms with Gasteiger partial charge in [-0.25, -0.2) is 0 Å². The summed E-state index contributed by atoms with van der Waals surface area (Å²) in [7, 11) is 0. The number of hydrogen-bond acceptors (Lipinski definition) is 2. The van der Waals surface area contributed by atoms with Gasteiger partial charge in [-0.2, -0.15) is 0 Å². The Morgan fingerprint density at radius 1 is 1.36 bits per heavy atom. The number of nitrogens with one attached hydrogen (secondary N) is 1. The minimum Gasteiger partial charge on any atom is -0.314 e. The van der Waals surface area contributed by atoms with E-state index in [0.29, 0.717) is 6.04 Å². The van der Waals surface area contributed by atoms with Gasteiger partial charge in [-0.15, -0.1) is 6.42 Å². The molecule has 0 saturated carbocycles. The van der Waals surface area contributed by atoms with Crippen molar-refractivity contribution in [1.29, 1.82) is 0 Å². The quantitative estimate of drug-likeness (QED) is 0.470. The van der Waals surface area contributed by atoms with Crippen molar-refractivity contribution in [3.8, 4) is 12.3 Å². The SMILES string of the molecule is C#CCN(CCC)CCCNC(C)C. The molecule has 0 spiro atoms. The van der Waals surface area contributed by atoms with Crippen LogP contribution in [-0.2, 0) is 0 Å². The van der Waals surface area contributed by atoms with Gasteiger partial charge in [-0.3, -0.25) is 4.90 Å². The number of rotatable bonds is 8. The molecule has 0 unspecified atom stereocenters. The summed E-state index contributed by atoms with van der Waals surface area (Å²) in [5.41, 5.74) is 0. The van der Waals surface area contributed by atoms with Crippen LogP contribution in [0.3, 0.4) is 0 Å². The predicted molar refractivity (Wildman–Crippen MR) is 63.3 cm³/mol. The fourth-order valence-corrected chi connectivity index (χ4v) is 1.41. The van der Waals surface area contributed by atoms with Gasteiger partial charge in [0.15, 0.2) is 0 Å². The van der Waals surface area contributed by atoms with E-state index in [1.807, 2.05) is 0 Å². The van der Waals surface area contributed by atoms with Gasteiger partial charge in [-0.1, -0.05) is 26.7 Å². The maximum Gasteiger partial charge on any atom is 0.0598 e. The highest BCUT2D eigenvalue weighted by atomic mass is 15.1. The van der Waals surface area contributed by atoms with E-state index in [2.05, 4.69) is 36.9 Å². The second-order valence-electron chi connectivity index (χ2n) is 3.94. The van der Waals surface area contributed by atoms with Crippen molar-refractivity contribution < 1.29 is 0 Å². The monoisotopic (exact) mass is 196 g/mol. The molecule has 0 aliphatic carbocycles. The third-order valence-corrected chi connectivity index (χ3v) is 2.06. The molecule has 0 aliphatic rings. The van der Waals surface area contributed by atoms with Crippen LogP contribution < -0.4 is 5.32 Å². The number of terminal acetylenes is 1. The molecule has 0 saturated heterocycles. The second-order valence-corrected chi connectivity index (χ2v) is 3.94. The van der Waals surface area contributed by atoms with Crippen molar-refractivity contribution in [2.75, 3.05) is 26.2 Å². The van der Waals surface area contributed by atoms with Crippen molar-refractivity contribution in [2.45, 2.75) is 39.7 Å². The Morgan fingerprint density at radius 3 is 2.57 bits per heavy atom. The zero-order chi connectivity index (χ0) is 10.8. The summed E-state index contributed by atoms with van der Waals surface area (Å²) in [6, 6.07) is 0.585. The highest BCUT2D eigenvalue weighted by molar-refractivity contribution is 4.88. The lowest BCUT2D eigenvalue weighted by Gasteiger charge is -2.19. The first kappa shape index (κ1) is 13.5. The molecule has 0 heterocycles. The Morgan fingerprint density at radius 2 is 2.07 bits per heavy atom. The normalized spacial score (nSPS) is 10.9. The van der Waals surface area contributed by atoms with E-state index in [9.17, 15) is 0 Å². The van der Waals surface area contributed by atoms with Crippen LogP contribution in [0.15, 0.2) is 0 Å². The molecule has 0 rings (SSSR count). The van der Waals surface area contributed by atoms with E-state index in [0.717, 1.165) is 26.2 Å². The van der Waals surface area contributed by atoms with Gasteiger partial charge in [0.05, 0.1) is 6.54 Å². The maximum absolute atomic E-state index is 5.30. The van der Waals surface area contributed by atoms with E-state index in [1.54, 1.807) is 0 Å².